The molecule has 0 unspecified atom stereocenters. The number of nitrogens with two attached hydrogens (primary N) is 1. The van der Waals surface area contributed by atoms with E-state index in [1.165, 1.54) is 0 Å². The van der Waals surface area contributed by atoms with Gasteiger partial charge in [-0.05, 0) is 19.3 Å². The highest BCUT2D eigenvalue weighted by molar-refractivity contribution is 5.71. The van der Waals surface area contributed by atoms with Crippen LogP contribution in [0, 0.1) is 10.1 Å². The molecule has 2 heterocycles. The quantitative estimate of drug-likeness (QED) is 0.643. The molecule has 0 aromatic carbocycles. The third-order valence-electron chi connectivity index (χ3n) is 3.12. The Balaban J connectivity index is 2.50. The van der Waals surface area contributed by atoms with Gasteiger partial charge < -0.3 is 15.5 Å². The summed E-state index contributed by atoms with van der Waals surface area (Å²) >= 11 is 0. The number of anilines is 3. The minimum Gasteiger partial charge on any atom is -0.378 e. The minimum atomic E-state index is -0.501. The molecule has 1 saturated heterocycles. The van der Waals surface area contributed by atoms with E-state index in [4.69, 9.17) is 5.73 Å². The van der Waals surface area contributed by atoms with Crippen LogP contribution in [0.15, 0.2) is 0 Å². The average Bonchev–Trinajstić information content (AvgIpc) is 2.38. The van der Waals surface area contributed by atoms with E-state index in [0.29, 0.717) is 11.8 Å². The maximum atomic E-state index is 11.2. The topological polar surface area (TPSA) is 101 Å². The summed E-state index contributed by atoms with van der Waals surface area (Å²) in [7, 11) is 3.56. The molecule has 0 spiro atoms. The molecule has 104 valence electrons. The summed E-state index contributed by atoms with van der Waals surface area (Å²) in [4.78, 5) is 22.6. The van der Waals surface area contributed by atoms with Gasteiger partial charge in [0.1, 0.15) is 0 Å². The highest BCUT2D eigenvalue weighted by Gasteiger charge is 2.28. The zero-order valence-electron chi connectivity index (χ0n) is 11.2. The lowest BCUT2D eigenvalue weighted by Crippen LogP contribution is -2.31. The normalized spacial score (nSPS) is 15.4. The van der Waals surface area contributed by atoms with Crippen molar-refractivity contribution in [1.82, 2.24) is 9.97 Å². The van der Waals surface area contributed by atoms with Crippen molar-refractivity contribution in [2.75, 3.05) is 42.7 Å². The summed E-state index contributed by atoms with van der Waals surface area (Å²) in [6.07, 6.45) is 3.17. The zero-order chi connectivity index (χ0) is 14.0. The summed E-state index contributed by atoms with van der Waals surface area (Å²) in [5, 5.41) is 11.2. The van der Waals surface area contributed by atoms with Gasteiger partial charge in [0.05, 0.1) is 4.92 Å². The predicted molar refractivity (Wildman–Crippen MR) is 73.5 cm³/mol. The van der Waals surface area contributed by atoms with Gasteiger partial charge >= 0.3 is 5.69 Å². The van der Waals surface area contributed by atoms with Gasteiger partial charge in [0.2, 0.25) is 17.6 Å². The molecule has 0 radical (unpaired) electrons. The lowest BCUT2D eigenvalue weighted by molar-refractivity contribution is -0.383. The fourth-order valence-electron chi connectivity index (χ4n) is 2.15. The van der Waals surface area contributed by atoms with E-state index < -0.39 is 4.92 Å². The molecule has 0 saturated carbocycles. The molecule has 0 amide bonds. The van der Waals surface area contributed by atoms with E-state index in [9.17, 15) is 10.1 Å². The Labute approximate surface area is 111 Å². The Kier molecular flexibility index (Phi) is 3.68. The van der Waals surface area contributed by atoms with Crippen LogP contribution >= 0.6 is 0 Å². The number of nitrogens with zero attached hydrogens (tertiary/aromatic N) is 5. The number of rotatable bonds is 3. The first-order valence-corrected chi connectivity index (χ1v) is 6.25. The molecule has 19 heavy (non-hydrogen) atoms. The Hall–Kier alpha value is -2.12. The Morgan fingerprint density at radius 3 is 2.42 bits per heavy atom. The molecule has 1 fully saturated rings. The zero-order valence-corrected chi connectivity index (χ0v) is 11.2. The minimum absolute atomic E-state index is 0.0794. The van der Waals surface area contributed by atoms with E-state index in [-0.39, 0.29) is 11.5 Å². The van der Waals surface area contributed by atoms with E-state index in [1.807, 2.05) is 4.90 Å². The van der Waals surface area contributed by atoms with Crippen molar-refractivity contribution in [3.8, 4) is 0 Å². The molecule has 1 aromatic rings. The second-order valence-electron chi connectivity index (χ2n) is 4.78. The highest BCUT2D eigenvalue weighted by Crippen LogP contribution is 2.33. The second kappa shape index (κ2) is 5.25. The summed E-state index contributed by atoms with van der Waals surface area (Å²) in [6.45, 7) is 1.54. The first-order valence-electron chi connectivity index (χ1n) is 6.25. The predicted octanol–water partition coefficient (Wildman–Crippen LogP) is 1.02. The van der Waals surface area contributed by atoms with Gasteiger partial charge in [-0.15, -0.1) is 0 Å². The molecule has 0 aliphatic carbocycles. The molecular formula is C11H18N6O2. The van der Waals surface area contributed by atoms with Gasteiger partial charge in [-0.25, -0.2) is 0 Å². The van der Waals surface area contributed by atoms with E-state index in [0.717, 1.165) is 32.4 Å². The number of nitro groups is 1. The molecule has 8 nitrogen and oxygen atoms in total. The standard InChI is InChI=1S/C11H18N6O2/c1-15(2)11-13-9(12)8(17(18)19)10(14-11)16-6-4-3-5-7-16/h3-7H2,1-2H3,(H2,12,13,14). The summed E-state index contributed by atoms with van der Waals surface area (Å²) in [5.41, 5.74) is 5.53. The van der Waals surface area contributed by atoms with Gasteiger partial charge in [0.25, 0.3) is 0 Å². The molecular weight excluding hydrogens is 248 g/mol. The van der Waals surface area contributed by atoms with Gasteiger partial charge in [0.15, 0.2) is 0 Å². The summed E-state index contributed by atoms with van der Waals surface area (Å²) in [5.74, 6) is 0.647. The van der Waals surface area contributed by atoms with Crippen LogP contribution in [-0.4, -0.2) is 42.1 Å². The van der Waals surface area contributed by atoms with Crippen molar-refractivity contribution >= 4 is 23.3 Å². The van der Waals surface area contributed by atoms with Crippen LogP contribution in [0.1, 0.15) is 19.3 Å². The van der Waals surface area contributed by atoms with Crippen LogP contribution in [0.5, 0.6) is 0 Å². The van der Waals surface area contributed by atoms with Crippen LogP contribution in [0.4, 0.5) is 23.3 Å². The van der Waals surface area contributed by atoms with Gasteiger partial charge in [-0.3, -0.25) is 10.1 Å². The number of aromatic nitrogens is 2. The summed E-state index contributed by atoms with van der Waals surface area (Å²) in [6, 6.07) is 0. The summed E-state index contributed by atoms with van der Waals surface area (Å²) < 4.78 is 0. The molecule has 1 aliphatic heterocycles. The van der Waals surface area contributed by atoms with Gasteiger partial charge in [0, 0.05) is 27.2 Å². The van der Waals surface area contributed by atoms with Crippen molar-refractivity contribution < 1.29 is 4.92 Å². The van der Waals surface area contributed by atoms with Crippen molar-refractivity contribution in [3.63, 3.8) is 0 Å². The van der Waals surface area contributed by atoms with Crippen molar-refractivity contribution in [2.45, 2.75) is 19.3 Å². The van der Waals surface area contributed by atoms with Crippen LogP contribution in [0.2, 0.25) is 0 Å². The Morgan fingerprint density at radius 2 is 1.89 bits per heavy atom. The maximum absolute atomic E-state index is 11.2. The average molecular weight is 266 g/mol. The third kappa shape index (κ3) is 2.67. The van der Waals surface area contributed by atoms with Crippen LogP contribution in [-0.2, 0) is 0 Å². The Morgan fingerprint density at radius 1 is 1.26 bits per heavy atom. The maximum Gasteiger partial charge on any atom is 0.353 e. The molecule has 0 atom stereocenters. The third-order valence-corrected chi connectivity index (χ3v) is 3.12. The van der Waals surface area contributed by atoms with Crippen molar-refractivity contribution in [2.24, 2.45) is 0 Å². The van der Waals surface area contributed by atoms with Crippen molar-refractivity contribution in [1.29, 1.82) is 0 Å². The molecule has 2 rings (SSSR count). The highest BCUT2D eigenvalue weighted by atomic mass is 16.6. The molecule has 1 aliphatic rings. The second-order valence-corrected chi connectivity index (χ2v) is 4.78. The number of hydrogen-bond acceptors (Lipinski definition) is 7. The van der Waals surface area contributed by atoms with E-state index >= 15 is 0 Å². The fraction of sp³-hybridized carbons (Fsp3) is 0.636. The van der Waals surface area contributed by atoms with Crippen LogP contribution in [0.25, 0.3) is 0 Å². The van der Waals surface area contributed by atoms with Crippen LogP contribution < -0.4 is 15.5 Å². The molecule has 2 N–H and O–H groups in total. The van der Waals surface area contributed by atoms with Crippen molar-refractivity contribution in [3.05, 3.63) is 10.1 Å². The molecule has 1 aromatic heterocycles. The Bertz CT molecular complexity index is 484. The first-order chi connectivity index (χ1) is 9.00. The lowest BCUT2D eigenvalue weighted by atomic mass is 10.1. The number of piperidine rings is 1. The number of hydrogen-bond donors (Lipinski definition) is 1. The lowest BCUT2D eigenvalue weighted by Gasteiger charge is -2.28. The van der Waals surface area contributed by atoms with Gasteiger partial charge in [-0.2, -0.15) is 9.97 Å². The molecule has 0 bridgehead atoms. The first kappa shape index (κ1) is 13.3. The largest absolute Gasteiger partial charge is 0.378 e. The fourth-order valence-corrected chi connectivity index (χ4v) is 2.15. The smallest absolute Gasteiger partial charge is 0.353 e. The van der Waals surface area contributed by atoms with Gasteiger partial charge in [-0.1, -0.05) is 0 Å². The number of nitrogen functional groups attached to an aromatic ring is 1. The SMILES string of the molecule is CN(C)c1nc(N)c([N+](=O)[O-])c(N2CCCCC2)n1. The van der Waals surface area contributed by atoms with E-state index in [1.54, 1.807) is 19.0 Å². The van der Waals surface area contributed by atoms with Crippen LogP contribution in [0.3, 0.4) is 0 Å². The molecule has 8 heteroatoms. The van der Waals surface area contributed by atoms with E-state index in [2.05, 4.69) is 9.97 Å². The monoisotopic (exact) mass is 266 g/mol.